The zero-order valence-electron chi connectivity index (χ0n) is 14.0. The van der Waals surface area contributed by atoms with Crippen LogP contribution in [0.3, 0.4) is 0 Å². The van der Waals surface area contributed by atoms with E-state index in [9.17, 15) is 9.59 Å². The van der Waals surface area contributed by atoms with Crippen molar-refractivity contribution in [3.63, 3.8) is 0 Å². The standard InChI is InChI=1S/C18H15Cl2N3O3/c1-18(12-6-8-13(26-2)9-7-12)16(24)23(17(25)22-18)21-10-11-4-3-5-14(19)15(11)20/h3-10H,1-2H3,(H,22,25)/b21-10-/t18-/m1/s1. The van der Waals surface area contributed by atoms with E-state index in [1.807, 2.05) is 0 Å². The lowest BCUT2D eigenvalue weighted by Crippen LogP contribution is -2.40. The number of carbonyl (C=O) groups excluding carboxylic acids is 2. The number of amides is 3. The van der Waals surface area contributed by atoms with Crippen molar-refractivity contribution < 1.29 is 14.3 Å². The van der Waals surface area contributed by atoms with E-state index in [-0.39, 0.29) is 0 Å². The number of carbonyl (C=O) groups is 2. The van der Waals surface area contributed by atoms with E-state index in [0.717, 1.165) is 5.01 Å². The minimum Gasteiger partial charge on any atom is -0.497 e. The second-order valence-electron chi connectivity index (χ2n) is 5.79. The largest absolute Gasteiger partial charge is 0.497 e. The van der Waals surface area contributed by atoms with Gasteiger partial charge in [0.05, 0.1) is 23.4 Å². The summed E-state index contributed by atoms with van der Waals surface area (Å²) >= 11 is 12.0. The van der Waals surface area contributed by atoms with Gasteiger partial charge in [0.2, 0.25) is 0 Å². The lowest BCUT2D eigenvalue weighted by Gasteiger charge is -2.21. The van der Waals surface area contributed by atoms with Crippen LogP contribution in [0.15, 0.2) is 47.6 Å². The molecule has 6 nitrogen and oxygen atoms in total. The molecule has 2 aromatic rings. The molecule has 1 fully saturated rings. The second kappa shape index (κ2) is 6.97. The molecular formula is C18H15Cl2N3O3. The first-order valence-corrected chi connectivity index (χ1v) is 8.41. The molecule has 3 rings (SSSR count). The molecule has 0 aliphatic carbocycles. The van der Waals surface area contributed by atoms with E-state index < -0.39 is 17.5 Å². The zero-order chi connectivity index (χ0) is 18.9. The topological polar surface area (TPSA) is 71.0 Å². The van der Waals surface area contributed by atoms with Crippen LogP contribution in [0.25, 0.3) is 0 Å². The highest BCUT2D eigenvalue weighted by Gasteiger charge is 2.49. The first kappa shape index (κ1) is 18.2. The van der Waals surface area contributed by atoms with E-state index in [0.29, 0.717) is 26.9 Å². The molecule has 1 heterocycles. The van der Waals surface area contributed by atoms with Crippen molar-refractivity contribution in [3.05, 3.63) is 63.6 Å². The highest BCUT2D eigenvalue weighted by Crippen LogP contribution is 2.30. The molecule has 1 N–H and O–H groups in total. The number of ether oxygens (including phenoxy) is 1. The minimum absolute atomic E-state index is 0.294. The van der Waals surface area contributed by atoms with Gasteiger partial charge in [0.15, 0.2) is 0 Å². The van der Waals surface area contributed by atoms with Crippen molar-refractivity contribution in [3.8, 4) is 5.75 Å². The van der Waals surface area contributed by atoms with Crippen LogP contribution in [0.4, 0.5) is 4.79 Å². The molecule has 134 valence electrons. The Balaban J connectivity index is 1.88. The number of methoxy groups -OCH3 is 1. The smallest absolute Gasteiger partial charge is 0.346 e. The monoisotopic (exact) mass is 391 g/mol. The summed E-state index contributed by atoms with van der Waals surface area (Å²) in [5.41, 5.74) is -0.105. The van der Waals surface area contributed by atoms with E-state index in [1.165, 1.54) is 6.21 Å². The molecule has 0 radical (unpaired) electrons. The average Bonchev–Trinajstić information content (AvgIpc) is 2.86. The molecule has 26 heavy (non-hydrogen) atoms. The Morgan fingerprint density at radius 2 is 1.85 bits per heavy atom. The Kier molecular flexibility index (Phi) is 4.89. The summed E-state index contributed by atoms with van der Waals surface area (Å²) in [6, 6.07) is 11.3. The summed E-state index contributed by atoms with van der Waals surface area (Å²) in [5, 5.41) is 8.09. The maximum Gasteiger partial charge on any atom is 0.346 e. The first-order valence-electron chi connectivity index (χ1n) is 7.66. The van der Waals surface area contributed by atoms with Gasteiger partial charge in [0, 0.05) is 5.56 Å². The Morgan fingerprint density at radius 3 is 2.50 bits per heavy atom. The molecule has 0 bridgehead atoms. The lowest BCUT2D eigenvalue weighted by atomic mass is 9.92. The van der Waals surface area contributed by atoms with Gasteiger partial charge in [-0.1, -0.05) is 47.5 Å². The van der Waals surface area contributed by atoms with Gasteiger partial charge in [0.1, 0.15) is 11.3 Å². The number of rotatable bonds is 4. The number of urea groups is 1. The Morgan fingerprint density at radius 1 is 1.15 bits per heavy atom. The molecule has 1 atom stereocenters. The number of hydrazone groups is 1. The molecule has 0 aromatic heterocycles. The zero-order valence-corrected chi connectivity index (χ0v) is 15.5. The third-order valence-corrected chi connectivity index (χ3v) is 4.96. The average molecular weight is 392 g/mol. The van der Waals surface area contributed by atoms with Crippen LogP contribution in [0.1, 0.15) is 18.1 Å². The van der Waals surface area contributed by atoms with E-state index >= 15 is 0 Å². The molecule has 2 aromatic carbocycles. The van der Waals surface area contributed by atoms with Crippen molar-refractivity contribution in [2.24, 2.45) is 5.10 Å². The Labute approximate surface area is 160 Å². The number of hydrogen-bond acceptors (Lipinski definition) is 4. The van der Waals surface area contributed by atoms with E-state index in [2.05, 4.69) is 10.4 Å². The van der Waals surface area contributed by atoms with Gasteiger partial charge < -0.3 is 10.1 Å². The molecule has 1 aliphatic heterocycles. The maximum absolute atomic E-state index is 12.8. The number of nitrogens with zero attached hydrogens (tertiary/aromatic N) is 2. The number of benzene rings is 2. The number of imide groups is 1. The quantitative estimate of drug-likeness (QED) is 0.636. The second-order valence-corrected chi connectivity index (χ2v) is 6.57. The molecule has 1 aliphatic rings. The van der Waals surface area contributed by atoms with Crippen molar-refractivity contribution in [2.75, 3.05) is 7.11 Å². The Bertz CT molecular complexity index is 899. The predicted molar refractivity (Wildman–Crippen MR) is 99.8 cm³/mol. The van der Waals surface area contributed by atoms with Crippen LogP contribution >= 0.6 is 23.2 Å². The van der Waals surface area contributed by atoms with Crippen molar-refractivity contribution in [2.45, 2.75) is 12.5 Å². The highest BCUT2D eigenvalue weighted by atomic mass is 35.5. The van der Waals surface area contributed by atoms with E-state index in [4.69, 9.17) is 27.9 Å². The minimum atomic E-state index is -1.22. The summed E-state index contributed by atoms with van der Waals surface area (Å²) < 4.78 is 5.11. The number of hydrogen-bond donors (Lipinski definition) is 1. The van der Waals surface area contributed by atoms with Gasteiger partial charge in [0.25, 0.3) is 5.91 Å². The first-order chi connectivity index (χ1) is 12.4. The summed E-state index contributed by atoms with van der Waals surface area (Å²) in [6.45, 7) is 1.62. The van der Waals surface area contributed by atoms with Crippen LogP contribution in [-0.4, -0.2) is 30.3 Å². The van der Waals surface area contributed by atoms with Crippen LogP contribution in [0.5, 0.6) is 5.75 Å². The summed E-state index contributed by atoms with van der Waals surface area (Å²) in [6.07, 6.45) is 1.32. The fraction of sp³-hybridized carbons (Fsp3) is 0.167. The van der Waals surface area contributed by atoms with Crippen molar-refractivity contribution >= 4 is 41.4 Å². The van der Waals surface area contributed by atoms with Crippen LogP contribution < -0.4 is 10.1 Å². The van der Waals surface area contributed by atoms with Gasteiger partial charge in [-0.25, -0.2) is 4.79 Å². The summed E-state index contributed by atoms with van der Waals surface area (Å²) in [7, 11) is 1.55. The third kappa shape index (κ3) is 3.13. The highest BCUT2D eigenvalue weighted by molar-refractivity contribution is 6.43. The van der Waals surface area contributed by atoms with Crippen molar-refractivity contribution in [1.82, 2.24) is 10.3 Å². The fourth-order valence-electron chi connectivity index (χ4n) is 2.59. The van der Waals surface area contributed by atoms with Gasteiger partial charge in [-0.15, -0.1) is 5.01 Å². The van der Waals surface area contributed by atoms with Gasteiger partial charge in [-0.3, -0.25) is 4.79 Å². The third-order valence-electron chi connectivity index (χ3n) is 4.13. The Hall–Kier alpha value is -2.57. The lowest BCUT2D eigenvalue weighted by molar-refractivity contribution is -0.131. The molecule has 1 saturated heterocycles. The van der Waals surface area contributed by atoms with Crippen LogP contribution in [0.2, 0.25) is 10.0 Å². The molecule has 8 heteroatoms. The van der Waals surface area contributed by atoms with E-state index in [1.54, 1.807) is 56.5 Å². The van der Waals surface area contributed by atoms with Gasteiger partial charge >= 0.3 is 6.03 Å². The fourth-order valence-corrected chi connectivity index (χ4v) is 2.95. The van der Waals surface area contributed by atoms with Crippen molar-refractivity contribution in [1.29, 1.82) is 0 Å². The molecule has 0 unspecified atom stereocenters. The number of nitrogens with one attached hydrogen (secondary N) is 1. The molecular weight excluding hydrogens is 377 g/mol. The normalized spacial score (nSPS) is 19.9. The maximum atomic E-state index is 12.8. The van der Waals surface area contributed by atoms with Crippen LogP contribution in [0, 0.1) is 0 Å². The summed E-state index contributed by atoms with van der Waals surface area (Å²) in [5.74, 6) is 0.154. The molecule has 3 amide bonds. The summed E-state index contributed by atoms with van der Waals surface area (Å²) in [4.78, 5) is 25.1. The SMILES string of the molecule is COc1ccc([C@@]2(C)NC(=O)N(/N=C\c3cccc(Cl)c3Cl)C2=O)cc1. The predicted octanol–water partition coefficient (Wildman–Crippen LogP) is 3.80. The van der Waals surface area contributed by atoms with Gasteiger partial charge in [-0.2, -0.15) is 5.10 Å². The van der Waals surface area contributed by atoms with Gasteiger partial charge in [-0.05, 0) is 30.7 Å². The number of halogens is 2. The molecule has 0 spiro atoms. The molecule has 0 saturated carbocycles. The van der Waals surface area contributed by atoms with Crippen LogP contribution in [-0.2, 0) is 10.3 Å².